The number of nitrogens with zero attached hydrogens (tertiary/aromatic N) is 2. The first-order valence-electron chi connectivity index (χ1n) is 11.3. The van der Waals surface area contributed by atoms with Gasteiger partial charge in [-0.1, -0.05) is 30.4 Å². The molecule has 0 aromatic heterocycles. The Balaban J connectivity index is 1.47. The lowest BCUT2D eigenvalue weighted by molar-refractivity contribution is -0.116. The van der Waals surface area contributed by atoms with Crippen molar-refractivity contribution in [2.75, 3.05) is 18.0 Å². The van der Waals surface area contributed by atoms with Crippen molar-refractivity contribution in [3.05, 3.63) is 65.2 Å². The third-order valence-electron chi connectivity index (χ3n) is 6.34. The van der Waals surface area contributed by atoms with E-state index in [0.29, 0.717) is 11.4 Å². The highest BCUT2D eigenvalue weighted by atomic mass is 16.5. The maximum absolute atomic E-state index is 12.5. The fourth-order valence-electron chi connectivity index (χ4n) is 4.62. The molecule has 0 saturated carbocycles. The van der Waals surface area contributed by atoms with Crippen molar-refractivity contribution in [1.82, 2.24) is 4.90 Å². The summed E-state index contributed by atoms with van der Waals surface area (Å²) in [5.74, 6) is 1.49. The van der Waals surface area contributed by atoms with E-state index in [9.17, 15) is 4.79 Å². The Morgan fingerprint density at radius 2 is 1.88 bits per heavy atom. The Morgan fingerprint density at radius 1 is 1.12 bits per heavy atom. The molecule has 0 bridgehead atoms. The van der Waals surface area contributed by atoms with Gasteiger partial charge in [-0.3, -0.25) is 15.6 Å². The van der Waals surface area contributed by atoms with Crippen molar-refractivity contribution in [3.8, 4) is 5.75 Å². The molecule has 1 saturated heterocycles. The van der Waals surface area contributed by atoms with E-state index in [4.69, 9.17) is 21.3 Å². The second-order valence-electron chi connectivity index (χ2n) is 8.74. The van der Waals surface area contributed by atoms with Crippen LogP contribution in [0.15, 0.2) is 48.5 Å². The van der Waals surface area contributed by atoms with E-state index >= 15 is 0 Å². The lowest BCUT2D eigenvalue weighted by atomic mass is 10.1. The number of likely N-dealkylation sites (tertiary alicyclic amines) is 1. The highest BCUT2D eigenvalue weighted by Gasteiger charge is 2.31. The molecular formula is C26H31N5O2. The van der Waals surface area contributed by atoms with Crippen molar-refractivity contribution in [1.29, 1.82) is 10.8 Å². The number of benzene rings is 2. The van der Waals surface area contributed by atoms with Crippen LogP contribution in [0.2, 0.25) is 0 Å². The van der Waals surface area contributed by atoms with Crippen LogP contribution in [0.3, 0.4) is 0 Å². The number of carbonyl (C=O) groups excluding carboxylic acids is 1. The minimum Gasteiger partial charge on any atom is -0.490 e. The minimum absolute atomic E-state index is 0.00365. The average molecular weight is 446 g/mol. The molecule has 2 aliphatic heterocycles. The summed E-state index contributed by atoms with van der Waals surface area (Å²) in [5.41, 5.74) is 9.25. The van der Waals surface area contributed by atoms with Crippen molar-refractivity contribution in [3.63, 3.8) is 0 Å². The third-order valence-corrected chi connectivity index (χ3v) is 6.34. The van der Waals surface area contributed by atoms with Gasteiger partial charge in [-0.2, -0.15) is 0 Å². The SMILES string of the molecule is CC(=N)N1CCC(Oc2ccc3c(c2)CC(/C=C/c2cccc(C(=N)N)c2)N3C(C)=O)CC1. The second-order valence-corrected chi connectivity index (χ2v) is 8.74. The molecule has 1 fully saturated rings. The van der Waals surface area contributed by atoms with Crippen LogP contribution in [0.4, 0.5) is 5.69 Å². The van der Waals surface area contributed by atoms with Gasteiger partial charge in [-0.25, -0.2) is 0 Å². The van der Waals surface area contributed by atoms with Crippen LogP contribution in [-0.4, -0.2) is 47.7 Å². The van der Waals surface area contributed by atoms with Gasteiger partial charge >= 0.3 is 0 Å². The third kappa shape index (κ3) is 5.08. The molecule has 4 rings (SSSR count). The normalized spacial score (nSPS) is 18.4. The standard InChI is InChI=1S/C26H31N5O2/c1-17(27)30-12-10-23(11-13-30)33-24-8-9-25-21(16-24)15-22(31(25)18(2)32)7-6-19-4-3-5-20(14-19)26(28)29/h3-9,14,16,22-23,27H,10-13,15H2,1-2H3,(H3,28,29)/b7-6+,27-17?. The van der Waals surface area contributed by atoms with Crippen LogP contribution in [0.5, 0.6) is 5.75 Å². The molecule has 1 unspecified atom stereocenters. The van der Waals surface area contributed by atoms with Crippen molar-refractivity contribution >= 4 is 29.3 Å². The molecule has 0 spiro atoms. The fraction of sp³-hybridized carbons (Fsp3) is 0.346. The zero-order chi connectivity index (χ0) is 23.5. The Labute approximate surface area is 194 Å². The number of hydrogen-bond acceptors (Lipinski definition) is 4. The van der Waals surface area contributed by atoms with Crippen LogP contribution >= 0.6 is 0 Å². The maximum Gasteiger partial charge on any atom is 0.224 e. The lowest BCUT2D eigenvalue weighted by Gasteiger charge is -2.32. The number of fused-ring (bicyclic) bond motifs is 1. The van der Waals surface area contributed by atoms with Crippen molar-refractivity contribution < 1.29 is 9.53 Å². The minimum atomic E-state index is -0.0764. The van der Waals surface area contributed by atoms with E-state index in [2.05, 4.69) is 11.0 Å². The summed E-state index contributed by atoms with van der Waals surface area (Å²) < 4.78 is 6.25. The molecule has 2 aromatic carbocycles. The predicted molar refractivity (Wildman–Crippen MR) is 132 cm³/mol. The number of carbonyl (C=O) groups is 1. The highest BCUT2D eigenvalue weighted by molar-refractivity contribution is 5.96. The van der Waals surface area contributed by atoms with E-state index < -0.39 is 0 Å². The van der Waals surface area contributed by atoms with E-state index in [-0.39, 0.29) is 23.9 Å². The molecule has 33 heavy (non-hydrogen) atoms. The molecule has 172 valence electrons. The summed E-state index contributed by atoms with van der Waals surface area (Å²) in [6.07, 6.45) is 6.69. The Kier molecular flexibility index (Phi) is 6.49. The van der Waals surface area contributed by atoms with Crippen molar-refractivity contribution in [2.45, 2.75) is 45.3 Å². The smallest absolute Gasteiger partial charge is 0.224 e. The number of amidine groups is 2. The molecular weight excluding hydrogens is 414 g/mol. The number of nitrogens with two attached hydrogens (primary N) is 1. The van der Waals surface area contributed by atoms with Crippen LogP contribution in [0.25, 0.3) is 6.08 Å². The Morgan fingerprint density at radius 3 is 2.55 bits per heavy atom. The fourth-order valence-corrected chi connectivity index (χ4v) is 4.62. The van der Waals surface area contributed by atoms with Gasteiger partial charge in [-0.05, 0) is 48.7 Å². The average Bonchev–Trinajstić information content (AvgIpc) is 3.16. The second kappa shape index (κ2) is 9.48. The van der Waals surface area contributed by atoms with E-state index in [1.165, 1.54) is 0 Å². The molecule has 4 N–H and O–H groups in total. The predicted octanol–water partition coefficient (Wildman–Crippen LogP) is 3.80. The topological polar surface area (TPSA) is 106 Å². The number of anilines is 1. The summed E-state index contributed by atoms with van der Waals surface area (Å²) >= 11 is 0. The summed E-state index contributed by atoms with van der Waals surface area (Å²) in [7, 11) is 0. The maximum atomic E-state index is 12.5. The first kappa shape index (κ1) is 22.6. The van der Waals surface area contributed by atoms with E-state index in [1.54, 1.807) is 6.92 Å². The number of hydrogen-bond donors (Lipinski definition) is 3. The summed E-state index contributed by atoms with van der Waals surface area (Å²) in [5, 5.41) is 15.4. The quantitative estimate of drug-likeness (QED) is 0.481. The summed E-state index contributed by atoms with van der Waals surface area (Å²) in [4.78, 5) is 16.4. The first-order chi connectivity index (χ1) is 15.8. The largest absolute Gasteiger partial charge is 0.490 e. The number of nitrogen functional groups attached to an aromatic ring is 1. The van der Waals surface area contributed by atoms with Gasteiger partial charge in [-0.15, -0.1) is 0 Å². The highest BCUT2D eigenvalue weighted by Crippen LogP contribution is 2.36. The zero-order valence-corrected chi connectivity index (χ0v) is 19.2. The molecule has 7 nitrogen and oxygen atoms in total. The molecule has 0 radical (unpaired) electrons. The number of amides is 1. The summed E-state index contributed by atoms with van der Waals surface area (Å²) in [6, 6.07) is 13.4. The van der Waals surface area contributed by atoms with Crippen LogP contribution in [0.1, 0.15) is 43.4 Å². The van der Waals surface area contributed by atoms with Gasteiger partial charge in [0.2, 0.25) is 5.91 Å². The van der Waals surface area contributed by atoms with Crippen molar-refractivity contribution in [2.24, 2.45) is 5.73 Å². The Bertz CT molecular complexity index is 1100. The molecule has 0 aliphatic carbocycles. The molecule has 2 aliphatic rings. The van der Waals surface area contributed by atoms with Gasteiger partial charge in [0.05, 0.1) is 11.9 Å². The molecule has 1 amide bonds. The van der Waals surface area contributed by atoms with Gasteiger partial charge < -0.3 is 20.3 Å². The van der Waals surface area contributed by atoms with Gasteiger partial charge in [0.25, 0.3) is 0 Å². The number of piperidine rings is 1. The molecule has 2 heterocycles. The molecule has 1 atom stereocenters. The monoisotopic (exact) mass is 445 g/mol. The van der Waals surface area contributed by atoms with Crippen LogP contribution < -0.4 is 15.4 Å². The van der Waals surface area contributed by atoms with E-state index in [1.807, 2.05) is 60.4 Å². The zero-order valence-electron chi connectivity index (χ0n) is 19.2. The van der Waals surface area contributed by atoms with Crippen LogP contribution in [-0.2, 0) is 11.2 Å². The number of nitrogens with one attached hydrogen (secondary N) is 2. The van der Waals surface area contributed by atoms with Gasteiger partial charge in [0.1, 0.15) is 17.7 Å². The molecule has 2 aromatic rings. The van der Waals surface area contributed by atoms with Gasteiger partial charge in [0.15, 0.2) is 0 Å². The first-order valence-corrected chi connectivity index (χ1v) is 11.3. The number of ether oxygens (including phenoxy) is 1. The Hall–Kier alpha value is -3.61. The molecule has 7 heteroatoms. The van der Waals surface area contributed by atoms with Crippen LogP contribution in [0, 0.1) is 10.8 Å². The van der Waals surface area contributed by atoms with E-state index in [0.717, 1.165) is 54.9 Å². The lowest BCUT2D eigenvalue weighted by Crippen LogP contribution is -2.40. The van der Waals surface area contributed by atoms with Gasteiger partial charge in [0, 0.05) is 44.1 Å². The number of rotatable bonds is 5. The summed E-state index contributed by atoms with van der Waals surface area (Å²) in [6.45, 7) is 5.12.